The van der Waals surface area contributed by atoms with Crippen LogP contribution in [-0.2, 0) is 4.74 Å². The predicted molar refractivity (Wildman–Crippen MR) is 121 cm³/mol. The largest absolute Gasteiger partial charge is 0.494 e. The van der Waals surface area contributed by atoms with Gasteiger partial charge in [-0.05, 0) is 43.0 Å². The van der Waals surface area contributed by atoms with Gasteiger partial charge in [0.25, 0.3) is 0 Å². The highest BCUT2D eigenvalue weighted by Crippen LogP contribution is 2.23. The van der Waals surface area contributed by atoms with Gasteiger partial charge >= 0.3 is 0 Å². The molecule has 3 heteroatoms. The van der Waals surface area contributed by atoms with Crippen LogP contribution in [0.25, 0.3) is 11.1 Å². The molecule has 0 amide bonds. The van der Waals surface area contributed by atoms with Crippen molar-refractivity contribution in [3.63, 3.8) is 0 Å². The van der Waals surface area contributed by atoms with Crippen molar-refractivity contribution in [3.8, 4) is 16.9 Å². The molecule has 0 bridgehead atoms. The van der Waals surface area contributed by atoms with Crippen molar-refractivity contribution in [2.75, 3.05) is 13.2 Å². The Morgan fingerprint density at radius 3 is 1.97 bits per heavy atom. The van der Waals surface area contributed by atoms with E-state index in [2.05, 4.69) is 26.0 Å². The summed E-state index contributed by atoms with van der Waals surface area (Å²) in [5, 5.41) is 0. The third-order valence-corrected chi connectivity index (χ3v) is 5.11. The average molecular weight is 397 g/mol. The van der Waals surface area contributed by atoms with E-state index in [4.69, 9.17) is 9.47 Å². The van der Waals surface area contributed by atoms with Gasteiger partial charge < -0.3 is 9.47 Å². The van der Waals surface area contributed by atoms with Gasteiger partial charge in [-0.3, -0.25) is 4.79 Å². The number of carbonyl (C=O) groups is 1. The van der Waals surface area contributed by atoms with E-state index in [1.54, 1.807) is 0 Å². The second-order valence-corrected chi connectivity index (χ2v) is 7.60. The molecule has 0 fully saturated rings. The molecule has 0 spiro atoms. The van der Waals surface area contributed by atoms with E-state index in [-0.39, 0.29) is 5.78 Å². The molecular weight excluding hydrogens is 360 g/mol. The van der Waals surface area contributed by atoms with Crippen molar-refractivity contribution in [2.45, 2.75) is 71.8 Å². The molecule has 1 unspecified atom stereocenters. The molecule has 1 atom stereocenters. The Hall–Kier alpha value is -2.13. The molecule has 2 aromatic carbocycles. The topological polar surface area (TPSA) is 35.5 Å². The molecule has 0 N–H and O–H groups in total. The lowest BCUT2D eigenvalue weighted by Crippen LogP contribution is -2.21. The number of carbonyl (C=O) groups excluding carboxylic acids is 1. The molecule has 2 rings (SSSR count). The summed E-state index contributed by atoms with van der Waals surface area (Å²) in [6.45, 7) is 7.58. The van der Waals surface area contributed by atoms with E-state index in [9.17, 15) is 4.79 Å². The molecule has 0 aliphatic rings. The number of ether oxygens (including phenoxy) is 2. The van der Waals surface area contributed by atoms with Gasteiger partial charge in [0.05, 0.1) is 6.61 Å². The zero-order valence-corrected chi connectivity index (χ0v) is 18.3. The highest BCUT2D eigenvalue weighted by Gasteiger charge is 2.15. The van der Waals surface area contributed by atoms with Crippen LogP contribution in [0, 0.1) is 0 Å². The van der Waals surface area contributed by atoms with Gasteiger partial charge in [0.2, 0.25) is 0 Å². The molecule has 2 aromatic rings. The fraction of sp³-hybridized carbons (Fsp3) is 0.500. The van der Waals surface area contributed by atoms with Crippen LogP contribution < -0.4 is 4.74 Å². The zero-order chi connectivity index (χ0) is 20.9. The first kappa shape index (κ1) is 23.2. The van der Waals surface area contributed by atoms with Crippen molar-refractivity contribution in [3.05, 3.63) is 54.1 Å². The Kier molecular flexibility index (Phi) is 10.5. The maximum absolute atomic E-state index is 12.5. The lowest BCUT2D eigenvalue weighted by atomic mass is 10.0. The SMILES string of the molecule is CCCCCCCOc1ccc(-c2ccc(C(=O)C(C)OCCCC)cc2)cc1. The molecular formula is C26H36O3. The highest BCUT2D eigenvalue weighted by atomic mass is 16.5. The number of ketones is 1. The Bertz CT molecular complexity index is 704. The summed E-state index contributed by atoms with van der Waals surface area (Å²) < 4.78 is 11.5. The van der Waals surface area contributed by atoms with Gasteiger partial charge in [-0.2, -0.15) is 0 Å². The van der Waals surface area contributed by atoms with Crippen LogP contribution in [0.15, 0.2) is 48.5 Å². The van der Waals surface area contributed by atoms with E-state index in [0.717, 1.165) is 42.7 Å². The average Bonchev–Trinajstić information content (AvgIpc) is 2.76. The summed E-state index contributed by atoms with van der Waals surface area (Å²) in [5.41, 5.74) is 2.90. The smallest absolute Gasteiger partial charge is 0.191 e. The van der Waals surface area contributed by atoms with Crippen LogP contribution >= 0.6 is 0 Å². The molecule has 0 heterocycles. The van der Waals surface area contributed by atoms with E-state index in [1.165, 1.54) is 25.7 Å². The first-order valence-corrected chi connectivity index (χ1v) is 11.1. The quantitative estimate of drug-likeness (QED) is 0.252. The first-order chi connectivity index (χ1) is 14.2. The molecule has 0 saturated carbocycles. The fourth-order valence-electron chi connectivity index (χ4n) is 3.18. The first-order valence-electron chi connectivity index (χ1n) is 11.1. The van der Waals surface area contributed by atoms with E-state index in [1.807, 2.05) is 43.3 Å². The number of Topliss-reactive ketones (excluding diaryl/α,β-unsaturated/α-hetero) is 1. The maximum Gasteiger partial charge on any atom is 0.191 e. The Balaban J connectivity index is 1.85. The van der Waals surface area contributed by atoms with E-state index in [0.29, 0.717) is 12.2 Å². The third-order valence-electron chi connectivity index (χ3n) is 5.11. The lowest BCUT2D eigenvalue weighted by Gasteiger charge is -2.12. The summed E-state index contributed by atoms with van der Waals surface area (Å²) in [4.78, 5) is 12.5. The Morgan fingerprint density at radius 1 is 0.759 bits per heavy atom. The number of unbranched alkanes of at least 4 members (excludes halogenated alkanes) is 5. The minimum absolute atomic E-state index is 0.0373. The number of benzene rings is 2. The van der Waals surface area contributed by atoms with Crippen molar-refractivity contribution in [1.29, 1.82) is 0 Å². The number of hydrogen-bond donors (Lipinski definition) is 0. The second-order valence-electron chi connectivity index (χ2n) is 7.60. The van der Waals surface area contributed by atoms with Crippen molar-refractivity contribution in [1.82, 2.24) is 0 Å². The highest BCUT2D eigenvalue weighted by molar-refractivity contribution is 5.99. The van der Waals surface area contributed by atoms with Gasteiger partial charge in [-0.1, -0.05) is 82.3 Å². The van der Waals surface area contributed by atoms with Crippen LogP contribution in [0.3, 0.4) is 0 Å². The molecule has 29 heavy (non-hydrogen) atoms. The van der Waals surface area contributed by atoms with Crippen LogP contribution in [0.1, 0.15) is 76.1 Å². The minimum Gasteiger partial charge on any atom is -0.494 e. The summed E-state index contributed by atoms with van der Waals surface area (Å²) in [6.07, 6.45) is 7.87. The summed E-state index contributed by atoms with van der Waals surface area (Å²) in [5.74, 6) is 0.949. The Labute approximate surface area is 176 Å². The van der Waals surface area contributed by atoms with Gasteiger partial charge in [-0.25, -0.2) is 0 Å². The third kappa shape index (κ3) is 8.02. The summed E-state index contributed by atoms with van der Waals surface area (Å²) >= 11 is 0. The van der Waals surface area contributed by atoms with Crippen LogP contribution in [0.4, 0.5) is 0 Å². The molecule has 0 aromatic heterocycles. The molecule has 0 aliphatic carbocycles. The van der Waals surface area contributed by atoms with Crippen molar-refractivity contribution in [2.24, 2.45) is 0 Å². The maximum atomic E-state index is 12.5. The van der Waals surface area contributed by atoms with Gasteiger partial charge in [-0.15, -0.1) is 0 Å². The molecule has 0 radical (unpaired) electrons. The van der Waals surface area contributed by atoms with E-state index < -0.39 is 6.10 Å². The zero-order valence-electron chi connectivity index (χ0n) is 18.3. The van der Waals surface area contributed by atoms with Crippen molar-refractivity contribution < 1.29 is 14.3 Å². The fourth-order valence-corrected chi connectivity index (χ4v) is 3.18. The van der Waals surface area contributed by atoms with Crippen LogP contribution in [-0.4, -0.2) is 25.1 Å². The summed E-state index contributed by atoms with van der Waals surface area (Å²) in [6, 6.07) is 15.9. The molecule has 3 nitrogen and oxygen atoms in total. The number of rotatable bonds is 14. The molecule has 0 aliphatic heterocycles. The summed E-state index contributed by atoms with van der Waals surface area (Å²) in [7, 11) is 0. The van der Waals surface area contributed by atoms with Crippen LogP contribution in [0.5, 0.6) is 5.75 Å². The van der Waals surface area contributed by atoms with Gasteiger partial charge in [0.15, 0.2) is 5.78 Å². The van der Waals surface area contributed by atoms with E-state index >= 15 is 0 Å². The normalized spacial score (nSPS) is 12.0. The monoisotopic (exact) mass is 396 g/mol. The second kappa shape index (κ2) is 13.2. The van der Waals surface area contributed by atoms with Gasteiger partial charge in [0, 0.05) is 12.2 Å². The standard InChI is InChI=1S/C26H36O3/c1-4-6-8-9-10-20-29-25-17-15-23(16-18-25)22-11-13-24(14-12-22)26(27)21(3)28-19-7-5-2/h11-18,21H,4-10,19-20H2,1-3H3. The van der Waals surface area contributed by atoms with Crippen molar-refractivity contribution >= 4 is 5.78 Å². The lowest BCUT2D eigenvalue weighted by molar-refractivity contribution is 0.0468. The molecule has 158 valence electrons. The predicted octanol–water partition coefficient (Wildman–Crippen LogP) is 7.09. The Morgan fingerprint density at radius 2 is 1.34 bits per heavy atom. The van der Waals surface area contributed by atoms with Gasteiger partial charge in [0.1, 0.15) is 11.9 Å². The molecule has 0 saturated heterocycles. The number of hydrogen-bond acceptors (Lipinski definition) is 3. The van der Waals surface area contributed by atoms with Crippen LogP contribution in [0.2, 0.25) is 0 Å². The minimum atomic E-state index is -0.397.